The lowest BCUT2D eigenvalue weighted by Gasteiger charge is -2.12. The van der Waals surface area contributed by atoms with E-state index >= 15 is 0 Å². The Hall–Kier alpha value is -1.90. The largest absolute Gasteiger partial charge is 0.453 e. The normalized spacial score (nSPS) is 12.4. The summed E-state index contributed by atoms with van der Waals surface area (Å²) in [6.07, 6.45) is 2.49. The Morgan fingerprint density at radius 3 is 2.31 bits per heavy atom. The van der Waals surface area contributed by atoms with Crippen molar-refractivity contribution in [2.75, 3.05) is 0 Å². The van der Waals surface area contributed by atoms with Crippen molar-refractivity contribution in [3.05, 3.63) is 48.0 Å². The zero-order valence-electron chi connectivity index (χ0n) is 9.34. The number of rotatable bonds is 4. The summed E-state index contributed by atoms with van der Waals surface area (Å²) in [4.78, 5) is 21.8. The van der Waals surface area contributed by atoms with Gasteiger partial charge in [0.15, 0.2) is 5.78 Å². The van der Waals surface area contributed by atoms with Gasteiger partial charge in [0.2, 0.25) is 0 Å². The average Bonchev–Trinajstić information content (AvgIpc) is 2.25. The first-order valence-corrected chi connectivity index (χ1v) is 5.00. The molecule has 3 nitrogen and oxygen atoms in total. The molecule has 0 aromatic heterocycles. The summed E-state index contributed by atoms with van der Waals surface area (Å²) in [5, 5.41) is 0. The van der Waals surface area contributed by atoms with Crippen LogP contribution in [0.5, 0.6) is 0 Å². The molecule has 0 spiro atoms. The van der Waals surface area contributed by atoms with E-state index in [-0.39, 0.29) is 11.8 Å². The number of carbonyl (C=O) groups is 2. The molecule has 0 N–H and O–H groups in total. The number of benzene rings is 1. The molecule has 1 unspecified atom stereocenters. The third-order valence-corrected chi connectivity index (χ3v) is 1.93. The van der Waals surface area contributed by atoms with Crippen LogP contribution >= 0.6 is 0 Å². The minimum atomic E-state index is -0.498. The fourth-order valence-corrected chi connectivity index (χ4v) is 1.26. The minimum absolute atomic E-state index is 0.0758. The third-order valence-electron chi connectivity index (χ3n) is 1.93. The fraction of sp³-hybridized carbons (Fsp3) is 0.231. The van der Waals surface area contributed by atoms with E-state index < -0.39 is 6.10 Å². The van der Waals surface area contributed by atoms with Gasteiger partial charge in [-0.1, -0.05) is 30.3 Å². The second-order valence-electron chi connectivity index (χ2n) is 3.41. The number of allylic oxidation sites excluding steroid dienone is 1. The average molecular weight is 218 g/mol. The van der Waals surface area contributed by atoms with Gasteiger partial charge in [-0.3, -0.25) is 9.59 Å². The number of hydrogen-bond donors (Lipinski definition) is 0. The van der Waals surface area contributed by atoms with Crippen LogP contribution in [0.15, 0.2) is 42.5 Å². The van der Waals surface area contributed by atoms with Gasteiger partial charge in [0.1, 0.15) is 6.10 Å². The van der Waals surface area contributed by atoms with Gasteiger partial charge in [-0.05, 0) is 24.6 Å². The predicted molar refractivity (Wildman–Crippen MR) is 60.8 cm³/mol. The second-order valence-corrected chi connectivity index (χ2v) is 3.41. The van der Waals surface area contributed by atoms with Crippen LogP contribution in [-0.4, -0.2) is 11.8 Å². The van der Waals surface area contributed by atoms with Crippen LogP contribution in [0.3, 0.4) is 0 Å². The molecular formula is C13H14O3. The molecule has 0 bridgehead atoms. The second kappa shape index (κ2) is 5.85. The van der Waals surface area contributed by atoms with Crippen LogP contribution in [0.2, 0.25) is 0 Å². The van der Waals surface area contributed by atoms with Gasteiger partial charge in [0.05, 0.1) is 0 Å². The molecule has 1 aromatic rings. The SMILES string of the molecule is CC(=O)/C=C/C(OC(C)=O)c1ccccc1. The molecule has 84 valence electrons. The standard InChI is InChI=1S/C13H14O3/c1-10(14)8-9-13(16-11(2)15)12-6-4-3-5-7-12/h3-9,13H,1-2H3/b9-8+. The molecule has 0 saturated carbocycles. The molecule has 0 aliphatic rings. The number of ketones is 1. The van der Waals surface area contributed by atoms with Gasteiger partial charge in [-0.25, -0.2) is 0 Å². The molecule has 0 aliphatic carbocycles. The van der Waals surface area contributed by atoms with Crippen molar-refractivity contribution in [1.29, 1.82) is 0 Å². The number of hydrogen-bond acceptors (Lipinski definition) is 3. The predicted octanol–water partition coefficient (Wildman–Crippen LogP) is 2.44. The minimum Gasteiger partial charge on any atom is -0.453 e. The Balaban J connectivity index is 2.87. The van der Waals surface area contributed by atoms with Crippen molar-refractivity contribution in [2.24, 2.45) is 0 Å². The zero-order valence-corrected chi connectivity index (χ0v) is 9.34. The first-order chi connectivity index (χ1) is 7.59. The zero-order chi connectivity index (χ0) is 12.0. The summed E-state index contributed by atoms with van der Waals surface area (Å²) in [6, 6.07) is 9.28. The van der Waals surface area contributed by atoms with Crippen LogP contribution < -0.4 is 0 Å². The summed E-state index contributed by atoms with van der Waals surface area (Å²) in [5.41, 5.74) is 0.843. The van der Waals surface area contributed by atoms with E-state index in [1.165, 1.54) is 19.9 Å². The van der Waals surface area contributed by atoms with Crippen molar-refractivity contribution in [3.8, 4) is 0 Å². The van der Waals surface area contributed by atoms with E-state index in [1.54, 1.807) is 6.08 Å². The van der Waals surface area contributed by atoms with Crippen LogP contribution in [0.25, 0.3) is 0 Å². The Bertz CT molecular complexity index is 393. The van der Waals surface area contributed by atoms with Crippen LogP contribution in [0.1, 0.15) is 25.5 Å². The lowest BCUT2D eigenvalue weighted by molar-refractivity contribution is -0.144. The van der Waals surface area contributed by atoms with Crippen LogP contribution in [0.4, 0.5) is 0 Å². The molecular weight excluding hydrogens is 204 g/mol. The van der Waals surface area contributed by atoms with E-state index in [0.29, 0.717) is 0 Å². The first-order valence-electron chi connectivity index (χ1n) is 5.00. The molecule has 3 heteroatoms. The number of ether oxygens (including phenoxy) is 1. The molecule has 0 radical (unpaired) electrons. The van der Waals surface area contributed by atoms with Gasteiger partial charge in [-0.15, -0.1) is 0 Å². The Labute approximate surface area is 94.7 Å². The summed E-state index contributed by atoms with van der Waals surface area (Å²) in [5.74, 6) is -0.449. The number of esters is 1. The summed E-state index contributed by atoms with van der Waals surface area (Å²) in [6.45, 7) is 2.80. The van der Waals surface area contributed by atoms with E-state index in [2.05, 4.69) is 0 Å². The Morgan fingerprint density at radius 1 is 1.19 bits per heavy atom. The number of carbonyl (C=O) groups excluding carboxylic acids is 2. The van der Waals surface area contributed by atoms with Crippen LogP contribution in [0, 0.1) is 0 Å². The monoisotopic (exact) mass is 218 g/mol. The van der Waals surface area contributed by atoms with Crippen molar-refractivity contribution < 1.29 is 14.3 Å². The van der Waals surface area contributed by atoms with E-state index in [4.69, 9.17) is 4.74 Å². The molecule has 0 aliphatic heterocycles. The molecule has 16 heavy (non-hydrogen) atoms. The van der Waals surface area contributed by atoms with Crippen LogP contribution in [-0.2, 0) is 14.3 Å². The molecule has 0 amide bonds. The maximum Gasteiger partial charge on any atom is 0.303 e. The maximum absolute atomic E-state index is 10.9. The summed E-state index contributed by atoms with van der Waals surface area (Å²) in [7, 11) is 0. The van der Waals surface area contributed by atoms with Gasteiger partial charge in [-0.2, -0.15) is 0 Å². The summed E-state index contributed by atoms with van der Waals surface area (Å²) < 4.78 is 5.11. The van der Waals surface area contributed by atoms with Crippen molar-refractivity contribution in [2.45, 2.75) is 20.0 Å². The van der Waals surface area contributed by atoms with E-state index in [1.807, 2.05) is 30.3 Å². The molecule has 1 rings (SSSR count). The lowest BCUT2D eigenvalue weighted by Crippen LogP contribution is -2.06. The topological polar surface area (TPSA) is 43.4 Å². The molecule has 0 fully saturated rings. The molecule has 1 atom stereocenters. The highest BCUT2D eigenvalue weighted by Crippen LogP contribution is 2.18. The van der Waals surface area contributed by atoms with Crippen molar-refractivity contribution in [3.63, 3.8) is 0 Å². The van der Waals surface area contributed by atoms with Crippen molar-refractivity contribution >= 4 is 11.8 Å². The van der Waals surface area contributed by atoms with E-state index in [9.17, 15) is 9.59 Å². The molecule has 0 saturated heterocycles. The van der Waals surface area contributed by atoms with E-state index in [0.717, 1.165) is 5.56 Å². The quantitative estimate of drug-likeness (QED) is 0.576. The molecule has 1 aromatic carbocycles. The van der Waals surface area contributed by atoms with Gasteiger partial charge >= 0.3 is 5.97 Å². The third kappa shape index (κ3) is 4.09. The van der Waals surface area contributed by atoms with Gasteiger partial charge in [0.25, 0.3) is 0 Å². The lowest BCUT2D eigenvalue weighted by atomic mass is 10.1. The Kier molecular flexibility index (Phi) is 4.45. The Morgan fingerprint density at radius 2 is 1.81 bits per heavy atom. The van der Waals surface area contributed by atoms with Gasteiger partial charge in [0, 0.05) is 6.92 Å². The highest BCUT2D eigenvalue weighted by Gasteiger charge is 2.10. The highest BCUT2D eigenvalue weighted by molar-refractivity contribution is 5.87. The fourth-order valence-electron chi connectivity index (χ4n) is 1.26. The molecule has 0 heterocycles. The van der Waals surface area contributed by atoms with Gasteiger partial charge < -0.3 is 4.74 Å². The maximum atomic E-state index is 10.9. The smallest absolute Gasteiger partial charge is 0.303 e. The summed E-state index contributed by atoms with van der Waals surface area (Å²) >= 11 is 0. The highest BCUT2D eigenvalue weighted by atomic mass is 16.5. The van der Waals surface area contributed by atoms with Crippen molar-refractivity contribution in [1.82, 2.24) is 0 Å². The first kappa shape index (κ1) is 12.2.